The number of aromatic nitrogens is 2. The van der Waals surface area contributed by atoms with E-state index in [0.717, 1.165) is 35.0 Å². The Kier molecular flexibility index (Phi) is 2.60. The summed E-state index contributed by atoms with van der Waals surface area (Å²) in [6, 6.07) is 5.90. The van der Waals surface area contributed by atoms with Crippen LogP contribution in [0.3, 0.4) is 0 Å². The molecular formula is C13H16ClN3. The van der Waals surface area contributed by atoms with Crippen LogP contribution in [0.5, 0.6) is 0 Å². The molecule has 4 heteroatoms. The summed E-state index contributed by atoms with van der Waals surface area (Å²) in [5.74, 6) is 2.36. The molecule has 0 aliphatic carbocycles. The molecule has 2 heterocycles. The van der Waals surface area contributed by atoms with Gasteiger partial charge in [0.1, 0.15) is 5.82 Å². The lowest BCUT2D eigenvalue weighted by molar-refractivity contribution is 0.293. The monoisotopic (exact) mass is 249 g/mol. The maximum absolute atomic E-state index is 6.00. The predicted octanol–water partition coefficient (Wildman–Crippen LogP) is 2.55. The Bertz CT molecular complexity index is 557. The Morgan fingerprint density at radius 3 is 2.88 bits per heavy atom. The fourth-order valence-corrected chi connectivity index (χ4v) is 2.64. The summed E-state index contributed by atoms with van der Waals surface area (Å²) in [6.07, 6.45) is 0. The van der Waals surface area contributed by atoms with E-state index in [9.17, 15) is 0 Å². The zero-order chi connectivity index (χ0) is 12.0. The highest BCUT2D eigenvalue weighted by Crippen LogP contribution is 2.29. The Hall–Kier alpha value is -1.06. The van der Waals surface area contributed by atoms with Crippen LogP contribution in [0.25, 0.3) is 11.0 Å². The SMILES string of the molecule is CC(c1nc2cc(Cl)ccc2n1C)C1CNC1. The van der Waals surface area contributed by atoms with Crippen molar-refractivity contribution in [1.82, 2.24) is 14.9 Å². The van der Waals surface area contributed by atoms with Gasteiger partial charge in [-0.1, -0.05) is 18.5 Å². The number of fused-ring (bicyclic) bond motifs is 1. The molecule has 1 aliphatic heterocycles. The van der Waals surface area contributed by atoms with Crippen molar-refractivity contribution in [1.29, 1.82) is 0 Å². The van der Waals surface area contributed by atoms with Crippen LogP contribution in [-0.4, -0.2) is 22.6 Å². The largest absolute Gasteiger partial charge is 0.331 e. The van der Waals surface area contributed by atoms with E-state index in [2.05, 4.69) is 23.9 Å². The van der Waals surface area contributed by atoms with Crippen LogP contribution in [0, 0.1) is 5.92 Å². The van der Waals surface area contributed by atoms with Crippen LogP contribution in [0.2, 0.25) is 5.02 Å². The van der Waals surface area contributed by atoms with Crippen LogP contribution in [0.15, 0.2) is 18.2 Å². The van der Waals surface area contributed by atoms with Crippen molar-refractivity contribution in [2.45, 2.75) is 12.8 Å². The second kappa shape index (κ2) is 4.00. The molecule has 0 spiro atoms. The van der Waals surface area contributed by atoms with Gasteiger partial charge in [0.25, 0.3) is 0 Å². The molecule has 1 atom stereocenters. The normalized spacial score (nSPS) is 18.3. The molecule has 0 radical (unpaired) electrons. The average Bonchev–Trinajstić information content (AvgIpc) is 2.53. The first-order valence-corrected chi connectivity index (χ1v) is 6.37. The predicted molar refractivity (Wildman–Crippen MR) is 70.5 cm³/mol. The fourth-order valence-electron chi connectivity index (χ4n) is 2.47. The lowest BCUT2D eigenvalue weighted by Crippen LogP contribution is -2.45. The Morgan fingerprint density at radius 1 is 1.47 bits per heavy atom. The zero-order valence-electron chi connectivity index (χ0n) is 10.1. The second-order valence-corrected chi connectivity index (χ2v) is 5.31. The standard InChI is InChI=1S/C13H16ClN3/c1-8(9-6-15-7-9)13-16-11-5-10(14)3-4-12(11)17(13)2/h3-5,8-9,15H,6-7H2,1-2H3. The lowest BCUT2D eigenvalue weighted by atomic mass is 9.88. The fraction of sp³-hybridized carbons (Fsp3) is 0.462. The van der Waals surface area contributed by atoms with E-state index in [-0.39, 0.29) is 0 Å². The second-order valence-electron chi connectivity index (χ2n) is 4.87. The van der Waals surface area contributed by atoms with E-state index in [0.29, 0.717) is 11.8 Å². The van der Waals surface area contributed by atoms with Gasteiger partial charge >= 0.3 is 0 Å². The number of nitrogens with zero attached hydrogens (tertiary/aromatic N) is 2. The quantitative estimate of drug-likeness (QED) is 0.887. The first-order chi connectivity index (χ1) is 8.16. The number of halogens is 1. The van der Waals surface area contributed by atoms with Crippen molar-refractivity contribution in [2.24, 2.45) is 13.0 Å². The van der Waals surface area contributed by atoms with E-state index < -0.39 is 0 Å². The number of rotatable bonds is 2. The van der Waals surface area contributed by atoms with Crippen LogP contribution >= 0.6 is 11.6 Å². The van der Waals surface area contributed by atoms with E-state index in [1.165, 1.54) is 0 Å². The summed E-state index contributed by atoms with van der Waals surface area (Å²) in [5.41, 5.74) is 2.15. The molecule has 0 saturated carbocycles. The van der Waals surface area contributed by atoms with Gasteiger partial charge in [-0.25, -0.2) is 4.98 Å². The molecule has 3 rings (SSSR count). The molecule has 3 nitrogen and oxygen atoms in total. The number of hydrogen-bond donors (Lipinski definition) is 1. The molecule has 2 aromatic rings. The minimum absolute atomic E-state index is 0.493. The molecule has 0 amide bonds. The first kappa shape index (κ1) is 11.1. The third-order valence-corrected chi connectivity index (χ3v) is 4.04. The van der Waals surface area contributed by atoms with Crippen LogP contribution in [0.1, 0.15) is 18.7 Å². The van der Waals surface area contributed by atoms with Gasteiger partial charge in [0.2, 0.25) is 0 Å². The van der Waals surface area contributed by atoms with E-state index in [1.54, 1.807) is 0 Å². The third-order valence-electron chi connectivity index (χ3n) is 3.80. The minimum atomic E-state index is 0.493. The molecule has 1 aromatic carbocycles. The molecule has 0 bridgehead atoms. The topological polar surface area (TPSA) is 29.9 Å². The molecule has 1 aromatic heterocycles. The van der Waals surface area contributed by atoms with Gasteiger partial charge in [-0.3, -0.25) is 0 Å². The molecule has 1 unspecified atom stereocenters. The number of nitrogens with one attached hydrogen (secondary N) is 1. The van der Waals surface area contributed by atoms with Crippen LogP contribution in [-0.2, 0) is 7.05 Å². The molecule has 1 fully saturated rings. The van der Waals surface area contributed by atoms with Crippen molar-refractivity contribution < 1.29 is 0 Å². The first-order valence-electron chi connectivity index (χ1n) is 5.99. The summed E-state index contributed by atoms with van der Waals surface area (Å²) in [4.78, 5) is 4.73. The van der Waals surface area contributed by atoms with E-state index in [1.807, 2.05) is 18.2 Å². The molecule has 1 saturated heterocycles. The van der Waals surface area contributed by atoms with Gasteiger partial charge in [0.15, 0.2) is 0 Å². The highest BCUT2D eigenvalue weighted by molar-refractivity contribution is 6.31. The Balaban J connectivity index is 2.07. The maximum Gasteiger partial charge on any atom is 0.112 e. The zero-order valence-corrected chi connectivity index (χ0v) is 10.8. The number of benzene rings is 1. The van der Waals surface area contributed by atoms with Crippen LogP contribution < -0.4 is 5.32 Å². The number of hydrogen-bond acceptors (Lipinski definition) is 2. The summed E-state index contributed by atoms with van der Waals surface area (Å²) in [6.45, 7) is 4.46. The number of imidazole rings is 1. The molecule has 1 aliphatic rings. The van der Waals surface area contributed by atoms with Gasteiger partial charge in [-0.05, 0) is 37.2 Å². The third kappa shape index (κ3) is 1.74. The van der Waals surface area contributed by atoms with Gasteiger partial charge < -0.3 is 9.88 Å². The molecule has 17 heavy (non-hydrogen) atoms. The summed E-state index contributed by atoms with van der Waals surface area (Å²) in [7, 11) is 2.08. The van der Waals surface area contributed by atoms with Crippen LogP contribution in [0.4, 0.5) is 0 Å². The maximum atomic E-state index is 6.00. The van der Waals surface area contributed by atoms with E-state index >= 15 is 0 Å². The van der Waals surface area contributed by atoms with Gasteiger partial charge in [0, 0.05) is 18.0 Å². The smallest absolute Gasteiger partial charge is 0.112 e. The molecule has 1 N–H and O–H groups in total. The summed E-state index contributed by atoms with van der Waals surface area (Å²) < 4.78 is 2.19. The molecule has 90 valence electrons. The summed E-state index contributed by atoms with van der Waals surface area (Å²) in [5, 5.41) is 4.07. The molecular weight excluding hydrogens is 234 g/mol. The minimum Gasteiger partial charge on any atom is -0.331 e. The summed E-state index contributed by atoms with van der Waals surface area (Å²) >= 11 is 6.00. The number of aryl methyl sites for hydroxylation is 1. The van der Waals surface area contributed by atoms with Gasteiger partial charge in [-0.2, -0.15) is 0 Å². The van der Waals surface area contributed by atoms with Crippen molar-refractivity contribution in [3.05, 3.63) is 29.0 Å². The Morgan fingerprint density at radius 2 is 2.24 bits per heavy atom. The van der Waals surface area contributed by atoms with Crippen molar-refractivity contribution in [2.75, 3.05) is 13.1 Å². The van der Waals surface area contributed by atoms with Gasteiger partial charge in [-0.15, -0.1) is 0 Å². The average molecular weight is 250 g/mol. The van der Waals surface area contributed by atoms with E-state index in [4.69, 9.17) is 16.6 Å². The highest BCUT2D eigenvalue weighted by Gasteiger charge is 2.27. The van der Waals surface area contributed by atoms with Crippen molar-refractivity contribution >= 4 is 22.6 Å². The Labute approximate surface area is 106 Å². The van der Waals surface area contributed by atoms with Crippen molar-refractivity contribution in [3.8, 4) is 0 Å². The highest BCUT2D eigenvalue weighted by atomic mass is 35.5. The van der Waals surface area contributed by atoms with Gasteiger partial charge in [0.05, 0.1) is 11.0 Å². The lowest BCUT2D eigenvalue weighted by Gasteiger charge is -2.32. The van der Waals surface area contributed by atoms with Crippen molar-refractivity contribution in [3.63, 3.8) is 0 Å².